The number of benzene rings is 1. The summed E-state index contributed by atoms with van der Waals surface area (Å²) in [4.78, 5) is 14.4. The highest BCUT2D eigenvalue weighted by Gasteiger charge is 2.34. The van der Waals surface area contributed by atoms with Crippen molar-refractivity contribution in [2.45, 2.75) is 51.8 Å². The molecule has 3 nitrogen and oxygen atoms in total. The standard InChI is InChI=1S/C16H21BrFNO2/c1-16(2,3)21-15(20)14-5-4-8-19(14)10-11-6-7-12(18)9-13(11)17/h6-7,9,14H,4-5,8,10H2,1-3H3/t14-/m0/s1. The van der Waals surface area contributed by atoms with Gasteiger partial charge in [-0.1, -0.05) is 22.0 Å². The average Bonchev–Trinajstić information content (AvgIpc) is 2.79. The van der Waals surface area contributed by atoms with Crippen LogP contribution in [-0.2, 0) is 16.1 Å². The Kier molecular flexibility index (Phi) is 5.04. The van der Waals surface area contributed by atoms with Gasteiger partial charge in [0.1, 0.15) is 17.5 Å². The molecule has 1 heterocycles. The molecular weight excluding hydrogens is 337 g/mol. The van der Waals surface area contributed by atoms with E-state index in [0.717, 1.165) is 29.4 Å². The molecule has 0 saturated carbocycles. The zero-order valence-corrected chi connectivity index (χ0v) is 14.2. The van der Waals surface area contributed by atoms with Gasteiger partial charge in [0, 0.05) is 11.0 Å². The van der Waals surface area contributed by atoms with E-state index in [1.54, 1.807) is 6.07 Å². The Balaban J connectivity index is 2.06. The van der Waals surface area contributed by atoms with Crippen LogP contribution in [0.5, 0.6) is 0 Å². The maximum absolute atomic E-state index is 13.1. The first-order valence-electron chi connectivity index (χ1n) is 7.17. The molecule has 1 saturated heterocycles. The van der Waals surface area contributed by atoms with Crippen molar-refractivity contribution in [2.24, 2.45) is 0 Å². The molecule has 1 aromatic carbocycles. The topological polar surface area (TPSA) is 29.5 Å². The normalized spacial score (nSPS) is 19.8. The van der Waals surface area contributed by atoms with Crippen LogP contribution in [0.25, 0.3) is 0 Å². The van der Waals surface area contributed by atoms with Gasteiger partial charge in [0.15, 0.2) is 0 Å². The molecule has 0 spiro atoms. The molecule has 1 atom stereocenters. The van der Waals surface area contributed by atoms with Crippen LogP contribution in [0.2, 0.25) is 0 Å². The van der Waals surface area contributed by atoms with Crippen molar-refractivity contribution >= 4 is 21.9 Å². The Hall–Kier alpha value is -0.940. The second kappa shape index (κ2) is 6.44. The van der Waals surface area contributed by atoms with Crippen molar-refractivity contribution in [3.63, 3.8) is 0 Å². The van der Waals surface area contributed by atoms with Gasteiger partial charge >= 0.3 is 5.97 Å². The molecule has 1 aromatic rings. The number of esters is 1. The van der Waals surface area contributed by atoms with Gasteiger partial charge < -0.3 is 4.74 Å². The fraction of sp³-hybridized carbons (Fsp3) is 0.562. The maximum atomic E-state index is 13.1. The van der Waals surface area contributed by atoms with Crippen LogP contribution >= 0.6 is 15.9 Å². The van der Waals surface area contributed by atoms with Gasteiger partial charge in [-0.3, -0.25) is 9.69 Å². The number of halogens is 2. The lowest BCUT2D eigenvalue weighted by Crippen LogP contribution is -2.40. The molecule has 1 fully saturated rings. The van der Waals surface area contributed by atoms with Crippen LogP contribution in [0.3, 0.4) is 0 Å². The van der Waals surface area contributed by atoms with E-state index < -0.39 is 5.60 Å². The first-order chi connectivity index (χ1) is 9.76. The number of carbonyl (C=O) groups is 1. The van der Waals surface area contributed by atoms with Crippen molar-refractivity contribution in [1.82, 2.24) is 4.90 Å². The minimum Gasteiger partial charge on any atom is -0.459 e. The van der Waals surface area contributed by atoms with E-state index in [-0.39, 0.29) is 17.8 Å². The van der Waals surface area contributed by atoms with E-state index in [0.29, 0.717) is 6.54 Å². The van der Waals surface area contributed by atoms with Crippen LogP contribution < -0.4 is 0 Å². The summed E-state index contributed by atoms with van der Waals surface area (Å²) in [5.74, 6) is -0.436. The van der Waals surface area contributed by atoms with E-state index in [9.17, 15) is 9.18 Å². The fourth-order valence-corrected chi connectivity index (χ4v) is 3.00. The van der Waals surface area contributed by atoms with Crippen molar-refractivity contribution < 1.29 is 13.9 Å². The van der Waals surface area contributed by atoms with Gasteiger partial charge in [-0.25, -0.2) is 4.39 Å². The summed E-state index contributed by atoms with van der Waals surface area (Å²) in [7, 11) is 0. The lowest BCUT2D eigenvalue weighted by atomic mass is 10.1. The van der Waals surface area contributed by atoms with Gasteiger partial charge in [-0.05, 0) is 57.9 Å². The highest BCUT2D eigenvalue weighted by Crippen LogP contribution is 2.26. The van der Waals surface area contributed by atoms with E-state index in [4.69, 9.17) is 4.74 Å². The smallest absolute Gasteiger partial charge is 0.323 e. The lowest BCUT2D eigenvalue weighted by molar-refractivity contribution is -0.160. The molecule has 116 valence electrons. The molecule has 0 aromatic heterocycles. The van der Waals surface area contributed by atoms with Crippen molar-refractivity contribution in [1.29, 1.82) is 0 Å². The molecule has 2 rings (SSSR count). The van der Waals surface area contributed by atoms with Gasteiger partial charge in [0.05, 0.1) is 0 Å². The quantitative estimate of drug-likeness (QED) is 0.768. The predicted octanol–water partition coefficient (Wildman–Crippen LogP) is 3.89. The minimum atomic E-state index is -0.470. The Labute approximate surface area is 133 Å². The maximum Gasteiger partial charge on any atom is 0.323 e. The molecule has 0 amide bonds. The summed E-state index contributed by atoms with van der Waals surface area (Å²) in [6.07, 6.45) is 1.79. The summed E-state index contributed by atoms with van der Waals surface area (Å²) in [5, 5.41) is 0. The molecule has 0 aliphatic carbocycles. The van der Waals surface area contributed by atoms with E-state index in [2.05, 4.69) is 20.8 Å². The molecular formula is C16H21BrFNO2. The van der Waals surface area contributed by atoms with Gasteiger partial charge in [0.2, 0.25) is 0 Å². The molecule has 0 N–H and O–H groups in total. The van der Waals surface area contributed by atoms with Crippen LogP contribution in [0, 0.1) is 5.82 Å². The molecule has 0 bridgehead atoms. The van der Waals surface area contributed by atoms with Crippen molar-refractivity contribution in [3.05, 3.63) is 34.1 Å². The summed E-state index contributed by atoms with van der Waals surface area (Å²) in [6, 6.07) is 4.44. The molecule has 1 aliphatic rings. The molecule has 5 heteroatoms. The number of likely N-dealkylation sites (tertiary alicyclic amines) is 1. The van der Waals surface area contributed by atoms with E-state index in [1.165, 1.54) is 12.1 Å². The second-order valence-electron chi connectivity index (χ2n) is 6.40. The summed E-state index contributed by atoms with van der Waals surface area (Å²) in [6.45, 7) is 7.10. The number of rotatable bonds is 3. The van der Waals surface area contributed by atoms with E-state index in [1.807, 2.05) is 20.8 Å². The number of carbonyl (C=O) groups excluding carboxylic acids is 1. The average molecular weight is 358 g/mol. The minimum absolute atomic E-state index is 0.168. The summed E-state index contributed by atoms with van der Waals surface area (Å²) in [5.41, 5.74) is 0.508. The monoisotopic (exact) mass is 357 g/mol. The molecule has 21 heavy (non-hydrogen) atoms. The second-order valence-corrected chi connectivity index (χ2v) is 7.25. The third kappa shape index (κ3) is 4.51. The SMILES string of the molecule is CC(C)(C)OC(=O)[C@@H]1CCCN1Cc1ccc(F)cc1Br. The van der Waals surface area contributed by atoms with Gasteiger partial charge in [-0.2, -0.15) is 0 Å². The van der Waals surface area contributed by atoms with Crippen molar-refractivity contribution in [2.75, 3.05) is 6.54 Å². The zero-order chi connectivity index (χ0) is 15.6. The molecule has 1 aliphatic heterocycles. The fourth-order valence-electron chi connectivity index (χ4n) is 2.52. The Bertz CT molecular complexity index is 527. The van der Waals surface area contributed by atoms with E-state index >= 15 is 0 Å². The highest BCUT2D eigenvalue weighted by molar-refractivity contribution is 9.10. The van der Waals surface area contributed by atoms with Gasteiger partial charge in [0.25, 0.3) is 0 Å². The van der Waals surface area contributed by atoms with Crippen LogP contribution in [0.1, 0.15) is 39.2 Å². The number of hydrogen-bond acceptors (Lipinski definition) is 3. The first-order valence-corrected chi connectivity index (χ1v) is 7.96. The third-order valence-electron chi connectivity index (χ3n) is 3.43. The number of ether oxygens (including phenoxy) is 1. The lowest BCUT2D eigenvalue weighted by Gasteiger charge is -2.27. The summed E-state index contributed by atoms with van der Waals surface area (Å²) < 4.78 is 19.4. The Morgan fingerprint density at radius 2 is 2.19 bits per heavy atom. The van der Waals surface area contributed by atoms with Crippen LogP contribution in [0.4, 0.5) is 4.39 Å². The van der Waals surface area contributed by atoms with Crippen LogP contribution in [0.15, 0.2) is 22.7 Å². The zero-order valence-electron chi connectivity index (χ0n) is 12.7. The van der Waals surface area contributed by atoms with Crippen LogP contribution in [-0.4, -0.2) is 29.1 Å². The largest absolute Gasteiger partial charge is 0.459 e. The molecule has 0 radical (unpaired) electrons. The molecule has 0 unspecified atom stereocenters. The first kappa shape index (κ1) is 16.4. The number of hydrogen-bond donors (Lipinski definition) is 0. The number of nitrogens with zero attached hydrogens (tertiary/aromatic N) is 1. The third-order valence-corrected chi connectivity index (χ3v) is 4.17. The predicted molar refractivity (Wildman–Crippen MR) is 83.4 cm³/mol. The highest BCUT2D eigenvalue weighted by atomic mass is 79.9. The summed E-state index contributed by atoms with van der Waals surface area (Å²) >= 11 is 3.38. The van der Waals surface area contributed by atoms with Gasteiger partial charge in [-0.15, -0.1) is 0 Å². The van der Waals surface area contributed by atoms with Crippen molar-refractivity contribution in [3.8, 4) is 0 Å². The Morgan fingerprint density at radius 1 is 1.48 bits per heavy atom. The Morgan fingerprint density at radius 3 is 2.81 bits per heavy atom.